The van der Waals surface area contributed by atoms with Gasteiger partial charge in [0.2, 0.25) is 0 Å². The molecular weight excluding hydrogens is 241 g/mol. The molecule has 1 aliphatic heterocycles. The zero-order chi connectivity index (χ0) is 14.3. The molecular formula is C14H22BNO3. The van der Waals surface area contributed by atoms with Crippen LogP contribution in [0.1, 0.15) is 33.3 Å². The highest BCUT2D eigenvalue weighted by atomic mass is 16.7. The first kappa shape index (κ1) is 14.4. The summed E-state index contributed by atoms with van der Waals surface area (Å²) in [6.07, 6.45) is 0.736. The first-order valence-corrected chi connectivity index (χ1v) is 6.64. The molecule has 0 aromatic heterocycles. The Hall–Kier alpha value is -1.04. The van der Waals surface area contributed by atoms with Gasteiger partial charge < -0.3 is 20.1 Å². The number of hydrogen-bond donors (Lipinski definition) is 2. The van der Waals surface area contributed by atoms with E-state index in [-0.39, 0.29) is 17.0 Å². The second-order valence-corrected chi connectivity index (χ2v) is 6.01. The van der Waals surface area contributed by atoms with E-state index in [2.05, 4.69) is 0 Å². The second kappa shape index (κ2) is 4.82. The van der Waals surface area contributed by atoms with Crippen molar-refractivity contribution >= 4 is 12.6 Å². The highest BCUT2D eigenvalue weighted by Crippen LogP contribution is 2.36. The lowest BCUT2D eigenvalue weighted by Crippen LogP contribution is -2.41. The minimum absolute atomic E-state index is 0.213. The number of rotatable bonds is 3. The summed E-state index contributed by atoms with van der Waals surface area (Å²) in [5, 5.41) is 9.68. The largest absolute Gasteiger partial charge is 0.508 e. The molecule has 0 aliphatic carbocycles. The van der Waals surface area contributed by atoms with Gasteiger partial charge in [-0.3, -0.25) is 0 Å². The molecule has 0 spiro atoms. The molecule has 0 radical (unpaired) electrons. The molecule has 1 fully saturated rings. The van der Waals surface area contributed by atoms with Gasteiger partial charge in [-0.15, -0.1) is 0 Å². The fraction of sp³-hybridized carbons (Fsp3) is 0.571. The predicted octanol–water partition coefficient (Wildman–Crippen LogP) is 1.19. The molecule has 4 nitrogen and oxygen atoms in total. The third kappa shape index (κ3) is 2.64. The molecule has 0 amide bonds. The van der Waals surface area contributed by atoms with E-state index in [1.807, 2.05) is 33.8 Å². The molecule has 2 rings (SSSR count). The number of nitrogens with two attached hydrogens (primary N) is 1. The SMILES string of the molecule is CC1(C)OB(c2cc(O)ccc2CCN)OC1(C)C. The van der Waals surface area contributed by atoms with Gasteiger partial charge in [-0.05, 0) is 63.8 Å². The molecule has 0 atom stereocenters. The quantitative estimate of drug-likeness (QED) is 0.804. The average Bonchev–Trinajstić information content (AvgIpc) is 2.51. The summed E-state index contributed by atoms with van der Waals surface area (Å²) in [6, 6.07) is 5.25. The van der Waals surface area contributed by atoms with Crippen molar-refractivity contribution in [1.29, 1.82) is 0 Å². The van der Waals surface area contributed by atoms with Crippen LogP contribution in [0.15, 0.2) is 18.2 Å². The van der Waals surface area contributed by atoms with E-state index in [0.29, 0.717) is 6.54 Å². The van der Waals surface area contributed by atoms with Crippen molar-refractivity contribution in [3.05, 3.63) is 23.8 Å². The Labute approximate surface area is 115 Å². The first-order valence-electron chi connectivity index (χ1n) is 6.64. The van der Waals surface area contributed by atoms with Crippen LogP contribution in [0, 0.1) is 0 Å². The maximum absolute atomic E-state index is 9.68. The van der Waals surface area contributed by atoms with Gasteiger partial charge in [-0.25, -0.2) is 0 Å². The van der Waals surface area contributed by atoms with Gasteiger partial charge in [0, 0.05) is 0 Å². The topological polar surface area (TPSA) is 64.7 Å². The van der Waals surface area contributed by atoms with E-state index < -0.39 is 7.12 Å². The van der Waals surface area contributed by atoms with Crippen LogP contribution in [0.4, 0.5) is 0 Å². The minimum Gasteiger partial charge on any atom is -0.508 e. The predicted molar refractivity (Wildman–Crippen MR) is 76.6 cm³/mol. The van der Waals surface area contributed by atoms with Gasteiger partial charge in [-0.2, -0.15) is 0 Å². The normalized spacial score (nSPS) is 20.8. The van der Waals surface area contributed by atoms with Crippen molar-refractivity contribution in [1.82, 2.24) is 0 Å². The van der Waals surface area contributed by atoms with Crippen LogP contribution in [-0.4, -0.2) is 30.0 Å². The summed E-state index contributed by atoms with van der Waals surface area (Å²) in [6.45, 7) is 8.60. The zero-order valence-corrected chi connectivity index (χ0v) is 12.1. The average molecular weight is 263 g/mol. The Kier molecular flexibility index (Phi) is 3.64. The van der Waals surface area contributed by atoms with Crippen molar-refractivity contribution in [3.8, 4) is 5.75 Å². The highest BCUT2D eigenvalue weighted by molar-refractivity contribution is 6.62. The van der Waals surface area contributed by atoms with Crippen molar-refractivity contribution in [2.75, 3.05) is 6.54 Å². The fourth-order valence-corrected chi connectivity index (χ4v) is 2.15. The Morgan fingerprint density at radius 1 is 1.16 bits per heavy atom. The molecule has 0 unspecified atom stereocenters. The van der Waals surface area contributed by atoms with Crippen molar-refractivity contribution in [2.24, 2.45) is 5.73 Å². The summed E-state index contributed by atoms with van der Waals surface area (Å²) in [4.78, 5) is 0. The maximum Gasteiger partial charge on any atom is 0.495 e. The molecule has 19 heavy (non-hydrogen) atoms. The maximum atomic E-state index is 9.68. The summed E-state index contributed by atoms with van der Waals surface area (Å²) in [7, 11) is -0.460. The summed E-state index contributed by atoms with van der Waals surface area (Å²) in [5.41, 5.74) is 6.78. The molecule has 0 bridgehead atoms. The first-order chi connectivity index (χ1) is 8.77. The Morgan fingerprint density at radius 3 is 2.26 bits per heavy atom. The van der Waals surface area contributed by atoms with Crippen LogP contribution < -0.4 is 11.2 Å². The van der Waals surface area contributed by atoms with Crippen LogP contribution in [0.5, 0.6) is 5.75 Å². The monoisotopic (exact) mass is 263 g/mol. The smallest absolute Gasteiger partial charge is 0.495 e. The Bertz CT molecular complexity index is 458. The number of phenols is 1. The lowest BCUT2D eigenvalue weighted by atomic mass is 9.75. The van der Waals surface area contributed by atoms with Crippen molar-refractivity contribution in [3.63, 3.8) is 0 Å². The molecule has 1 heterocycles. The fourth-order valence-electron chi connectivity index (χ4n) is 2.15. The molecule has 1 aliphatic rings. The standard InChI is InChI=1S/C14H22BNO3/c1-13(2)14(3,4)19-15(18-13)12-9-11(17)6-5-10(12)7-8-16/h5-6,9,17H,7-8,16H2,1-4H3. The number of aromatic hydroxyl groups is 1. The molecule has 1 aromatic rings. The van der Waals surface area contributed by atoms with Crippen LogP contribution in [0.25, 0.3) is 0 Å². The van der Waals surface area contributed by atoms with Crippen molar-refractivity contribution in [2.45, 2.75) is 45.3 Å². The lowest BCUT2D eigenvalue weighted by Gasteiger charge is -2.32. The minimum atomic E-state index is -0.460. The van der Waals surface area contributed by atoms with Gasteiger partial charge in [0.05, 0.1) is 11.2 Å². The van der Waals surface area contributed by atoms with Crippen molar-refractivity contribution < 1.29 is 14.4 Å². The van der Waals surface area contributed by atoms with E-state index in [0.717, 1.165) is 17.4 Å². The van der Waals surface area contributed by atoms with Gasteiger partial charge >= 0.3 is 7.12 Å². The number of hydrogen-bond acceptors (Lipinski definition) is 4. The third-order valence-corrected chi connectivity index (χ3v) is 4.05. The van der Waals surface area contributed by atoms with Gasteiger partial charge in [0.15, 0.2) is 0 Å². The lowest BCUT2D eigenvalue weighted by molar-refractivity contribution is 0.00578. The van der Waals surface area contributed by atoms with Gasteiger partial charge in [-0.1, -0.05) is 6.07 Å². The molecule has 1 aromatic carbocycles. The van der Waals surface area contributed by atoms with Gasteiger partial charge in [0.25, 0.3) is 0 Å². The second-order valence-electron chi connectivity index (χ2n) is 6.01. The summed E-state index contributed by atoms with van der Waals surface area (Å²) in [5.74, 6) is 0.213. The van der Waals surface area contributed by atoms with Crippen LogP contribution in [0.2, 0.25) is 0 Å². The summed E-state index contributed by atoms with van der Waals surface area (Å²) < 4.78 is 12.0. The highest BCUT2D eigenvalue weighted by Gasteiger charge is 2.52. The Balaban J connectivity index is 2.35. The van der Waals surface area contributed by atoms with E-state index in [9.17, 15) is 5.11 Å². The van der Waals surface area contributed by atoms with E-state index in [1.54, 1.807) is 12.1 Å². The van der Waals surface area contributed by atoms with Crippen LogP contribution in [0.3, 0.4) is 0 Å². The molecule has 3 N–H and O–H groups in total. The molecule has 1 saturated heterocycles. The summed E-state index contributed by atoms with van der Waals surface area (Å²) >= 11 is 0. The van der Waals surface area contributed by atoms with Gasteiger partial charge in [0.1, 0.15) is 5.75 Å². The van der Waals surface area contributed by atoms with E-state index in [4.69, 9.17) is 15.0 Å². The zero-order valence-electron chi connectivity index (χ0n) is 12.1. The van der Waals surface area contributed by atoms with Crippen LogP contribution in [-0.2, 0) is 15.7 Å². The number of phenolic OH excluding ortho intramolecular Hbond substituents is 1. The third-order valence-electron chi connectivity index (χ3n) is 4.05. The van der Waals surface area contributed by atoms with E-state index in [1.165, 1.54) is 0 Å². The van der Waals surface area contributed by atoms with E-state index >= 15 is 0 Å². The number of benzene rings is 1. The molecule has 0 saturated carbocycles. The van der Waals surface area contributed by atoms with Crippen LogP contribution >= 0.6 is 0 Å². The molecule has 104 valence electrons. The molecule has 5 heteroatoms. The Morgan fingerprint density at radius 2 is 1.74 bits per heavy atom.